The third-order valence-corrected chi connectivity index (χ3v) is 3.26. The van der Waals surface area contributed by atoms with Gasteiger partial charge in [-0.1, -0.05) is 6.07 Å². The molecule has 1 fully saturated rings. The zero-order valence-electron chi connectivity index (χ0n) is 11.0. The normalized spacial score (nSPS) is 18.9. The van der Waals surface area contributed by atoms with Crippen LogP contribution in [0.25, 0.3) is 0 Å². The number of carbonyl (C=O) groups is 1. The maximum Gasteiger partial charge on any atom is 0.227 e. The Balaban J connectivity index is 0.00000162. The van der Waals surface area contributed by atoms with E-state index in [0.29, 0.717) is 6.04 Å². The molecule has 2 heterocycles. The van der Waals surface area contributed by atoms with E-state index in [-0.39, 0.29) is 36.6 Å². The van der Waals surface area contributed by atoms with Crippen LogP contribution in [0.2, 0.25) is 0 Å². The first-order valence-corrected chi connectivity index (χ1v) is 6.18. The monoisotopic (exact) mass is 305 g/mol. The lowest BCUT2D eigenvalue weighted by Crippen LogP contribution is -2.38. The molecule has 1 saturated heterocycles. The van der Waals surface area contributed by atoms with Gasteiger partial charge in [0.05, 0.1) is 5.92 Å². The third kappa shape index (κ3) is 5.35. The molecule has 0 aliphatic carbocycles. The number of hydrogen-bond acceptors (Lipinski definition) is 3. The minimum atomic E-state index is -0.134. The van der Waals surface area contributed by atoms with E-state index in [0.717, 1.165) is 25.1 Å². The van der Waals surface area contributed by atoms with Gasteiger partial charge in [-0.25, -0.2) is 0 Å². The maximum absolute atomic E-state index is 11.9. The van der Waals surface area contributed by atoms with Crippen LogP contribution in [0.1, 0.15) is 31.2 Å². The second-order valence-electron chi connectivity index (χ2n) is 4.55. The Morgan fingerprint density at radius 1 is 1.58 bits per heavy atom. The fraction of sp³-hybridized carbons (Fsp3) is 0.538. The summed E-state index contributed by atoms with van der Waals surface area (Å²) in [6.07, 6.45) is 5.83. The highest BCUT2D eigenvalue weighted by molar-refractivity contribution is 5.85. The van der Waals surface area contributed by atoms with E-state index < -0.39 is 0 Å². The summed E-state index contributed by atoms with van der Waals surface area (Å²) in [4.78, 5) is 16.0. The molecular weight excluding hydrogens is 285 g/mol. The summed E-state index contributed by atoms with van der Waals surface area (Å²) in [5, 5.41) is 6.36. The third-order valence-electron chi connectivity index (χ3n) is 3.26. The van der Waals surface area contributed by atoms with Crippen molar-refractivity contribution in [2.45, 2.75) is 31.7 Å². The average Bonchev–Trinajstić information content (AvgIpc) is 2.89. The van der Waals surface area contributed by atoms with Gasteiger partial charge in [0.2, 0.25) is 5.91 Å². The van der Waals surface area contributed by atoms with Gasteiger partial charge in [0, 0.05) is 25.0 Å². The minimum Gasteiger partial charge on any atom is -0.354 e. The SMILES string of the molecule is CC(C(=O)NCC1CCCN1)c1cccnc1.Cl.Cl. The number of amides is 1. The number of hydrogen-bond donors (Lipinski definition) is 2. The summed E-state index contributed by atoms with van der Waals surface area (Å²) in [5.74, 6) is -0.0585. The van der Waals surface area contributed by atoms with Gasteiger partial charge in [0.25, 0.3) is 0 Å². The molecule has 0 radical (unpaired) electrons. The van der Waals surface area contributed by atoms with E-state index in [1.165, 1.54) is 6.42 Å². The molecule has 1 aliphatic rings. The van der Waals surface area contributed by atoms with Crippen molar-refractivity contribution in [1.29, 1.82) is 0 Å². The highest BCUT2D eigenvalue weighted by atomic mass is 35.5. The quantitative estimate of drug-likeness (QED) is 0.893. The lowest BCUT2D eigenvalue weighted by atomic mass is 10.0. The van der Waals surface area contributed by atoms with E-state index in [2.05, 4.69) is 15.6 Å². The summed E-state index contributed by atoms with van der Waals surface area (Å²) in [6, 6.07) is 4.24. The molecule has 1 aliphatic heterocycles. The maximum atomic E-state index is 11.9. The Kier molecular flexibility index (Phi) is 8.72. The topological polar surface area (TPSA) is 54.0 Å². The summed E-state index contributed by atoms with van der Waals surface area (Å²) in [7, 11) is 0. The van der Waals surface area contributed by atoms with Crippen molar-refractivity contribution in [3.05, 3.63) is 30.1 Å². The molecule has 4 nitrogen and oxygen atoms in total. The molecule has 2 rings (SSSR count). The van der Waals surface area contributed by atoms with Crippen molar-refractivity contribution in [2.75, 3.05) is 13.1 Å². The van der Waals surface area contributed by atoms with Crippen molar-refractivity contribution in [3.63, 3.8) is 0 Å². The number of rotatable bonds is 4. The Hall–Kier alpha value is -0.840. The van der Waals surface area contributed by atoms with Crippen LogP contribution < -0.4 is 10.6 Å². The van der Waals surface area contributed by atoms with Crippen LogP contribution in [0, 0.1) is 0 Å². The molecule has 2 unspecified atom stereocenters. The van der Waals surface area contributed by atoms with Crippen LogP contribution in [0.5, 0.6) is 0 Å². The minimum absolute atomic E-state index is 0. The summed E-state index contributed by atoms with van der Waals surface area (Å²) >= 11 is 0. The van der Waals surface area contributed by atoms with Crippen LogP contribution in [0.4, 0.5) is 0 Å². The van der Waals surface area contributed by atoms with Crippen molar-refractivity contribution >= 4 is 30.7 Å². The summed E-state index contributed by atoms with van der Waals surface area (Å²) < 4.78 is 0. The first-order valence-electron chi connectivity index (χ1n) is 6.18. The average molecular weight is 306 g/mol. The fourth-order valence-corrected chi connectivity index (χ4v) is 2.09. The Labute approximate surface area is 126 Å². The number of aromatic nitrogens is 1. The molecule has 0 aromatic carbocycles. The Morgan fingerprint density at radius 3 is 2.95 bits per heavy atom. The van der Waals surface area contributed by atoms with E-state index in [4.69, 9.17) is 0 Å². The Morgan fingerprint density at radius 2 is 2.37 bits per heavy atom. The fourth-order valence-electron chi connectivity index (χ4n) is 2.09. The van der Waals surface area contributed by atoms with Gasteiger partial charge in [0.1, 0.15) is 0 Å². The van der Waals surface area contributed by atoms with Crippen LogP contribution in [-0.2, 0) is 4.79 Å². The van der Waals surface area contributed by atoms with E-state index in [1.807, 2.05) is 19.1 Å². The van der Waals surface area contributed by atoms with E-state index >= 15 is 0 Å². The highest BCUT2D eigenvalue weighted by Crippen LogP contribution is 2.13. The number of nitrogens with zero attached hydrogens (tertiary/aromatic N) is 1. The predicted molar refractivity (Wildman–Crippen MR) is 81.2 cm³/mol. The lowest BCUT2D eigenvalue weighted by molar-refractivity contribution is -0.122. The first kappa shape index (κ1) is 18.2. The van der Waals surface area contributed by atoms with E-state index in [1.54, 1.807) is 12.4 Å². The van der Waals surface area contributed by atoms with Crippen LogP contribution >= 0.6 is 24.8 Å². The smallest absolute Gasteiger partial charge is 0.227 e. The molecule has 1 amide bonds. The zero-order chi connectivity index (χ0) is 12.1. The first-order chi connectivity index (χ1) is 8.27. The van der Waals surface area contributed by atoms with Crippen LogP contribution in [0.15, 0.2) is 24.5 Å². The number of nitrogens with one attached hydrogen (secondary N) is 2. The molecule has 0 saturated carbocycles. The van der Waals surface area contributed by atoms with Gasteiger partial charge in [-0.2, -0.15) is 0 Å². The molecule has 0 spiro atoms. The van der Waals surface area contributed by atoms with Gasteiger partial charge >= 0.3 is 0 Å². The van der Waals surface area contributed by atoms with Crippen molar-refractivity contribution in [3.8, 4) is 0 Å². The summed E-state index contributed by atoms with van der Waals surface area (Å²) in [6.45, 7) is 3.70. The largest absolute Gasteiger partial charge is 0.354 e. The van der Waals surface area contributed by atoms with Crippen molar-refractivity contribution in [2.24, 2.45) is 0 Å². The van der Waals surface area contributed by atoms with Gasteiger partial charge in [-0.05, 0) is 37.9 Å². The van der Waals surface area contributed by atoms with E-state index in [9.17, 15) is 4.79 Å². The standard InChI is InChI=1S/C13H19N3O.2ClH/c1-10(11-4-2-6-14-8-11)13(17)16-9-12-5-3-7-15-12;;/h2,4,6,8,10,12,15H,3,5,7,9H2,1H3,(H,16,17);2*1H. The predicted octanol–water partition coefficient (Wildman–Crippen LogP) is 1.90. The van der Waals surface area contributed by atoms with Crippen molar-refractivity contribution in [1.82, 2.24) is 15.6 Å². The molecule has 2 N–H and O–H groups in total. The molecule has 6 heteroatoms. The molecule has 19 heavy (non-hydrogen) atoms. The van der Waals surface area contributed by atoms with Crippen LogP contribution in [-0.4, -0.2) is 30.0 Å². The molecular formula is C13H21Cl2N3O. The van der Waals surface area contributed by atoms with Gasteiger partial charge in [-0.15, -0.1) is 24.8 Å². The van der Waals surface area contributed by atoms with Gasteiger partial charge < -0.3 is 10.6 Å². The second-order valence-corrected chi connectivity index (χ2v) is 4.55. The zero-order valence-corrected chi connectivity index (χ0v) is 12.6. The molecule has 1 aromatic rings. The number of halogens is 2. The molecule has 0 bridgehead atoms. The number of pyridine rings is 1. The Bertz CT molecular complexity index is 369. The number of carbonyl (C=O) groups excluding carboxylic acids is 1. The summed E-state index contributed by atoms with van der Waals surface area (Å²) in [5.41, 5.74) is 0.962. The molecule has 108 valence electrons. The second kappa shape index (κ2) is 9.13. The molecule has 1 aromatic heterocycles. The highest BCUT2D eigenvalue weighted by Gasteiger charge is 2.18. The van der Waals surface area contributed by atoms with Crippen molar-refractivity contribution < 1.29 is 4.79 Å². The lowest BCUT2D eigenvalue weighted by Gasteiger charge is -2.15. The van der Waals surface area contributed by atoms with Crippen LogP contribution in [0.3, 0.4) is 0 Å². The van der Waals surface area contributed by atoms with Gasteiger partial charge in [-0.3, -0.25) is 9.78 Å². The molecule has 2 atom stereocenters. The van der Waals surface area contributed by atoms with Gasteiger partial charge in [0.15, 0.2) is 0 Å².